The lowest BCUT2D eigenvalue weighted by Crippen LogP contribution is -2.60. The minimum atomic E-state index is -4.52. The first-order valence-electron chi connectivity index (χ1n) is 9.82. The Labute approximate surface area is 172 Å². The highest BCUT2D eigenvalue weighted by Crippen LogP contribution is 2.33. The van der Waals surface area contributed by atoms with E-state index in [1.807, 2.05) is 18.2 Å². The number of rotatable bonds is 5. The number of amides is 2. The first-order valence-corrected chi connectivity index (χ1v) is 9.82. The molecule has 5 nitrogen and oxygen atoms in total. The molecule has 2 saturated heterocycles. The zero-order valence-electron chi connectivity index (χ0n) is 16.2. The van der Waals surface area contributed by atoms with Crippen LogP contribution in [0.3, 0.4) is 0 Å². The number of fused-ring (bicyclic) bond motifs is 1. The van der Waals surface area contributed by atoms with Crippen molar-refractivity contribution in [3.05, 3.63) is 71.3 Å². The van der Waals surface area contributed by atoms with Crippen LogP contribution in [0.2, 0.25) is 0 Å². The van der Waals surface area contributed by atoms with Gasteiger partial charge in [0.2, 0.25) is 5.91 Å². The predicted octanol–water partition coefficient (Wildman–Crippen LogP) is 2.78. The molecule has 2 fully saturated rings. The first kappa shape index (κ1) is 20.4. The van der Waals surface area contributed by atoms with E-state index in [2.05, 4.69) is 22.3 Å². The van der Waals surface area contributed by atoms with Crippen molar-refractivity contribution in [1.82, 2.24) is 15.1 Å². The summed E-state index contributed by atoms with van der Waals surface area (Å²) in [6, 6.07) is 14.4. The van der Waals surface area contributed by atoms with E-state index in [1.165, 1.54) is 17.7 Å². The third-order valence-corrected chi connectivity index (χ3v) is 5.74. The molecule has 0 aromatic heterocycles. The van der Waals surface area contributed by atoms with Crippen LogP contribution in [0.25, 0.3) is 0 Å². The number of halogens is 3. The van der Waals surface area contributed by atoms with E-state index in [1.54, 1.807) is 4.90 Å². The van der Waals surface area contributed by atoms with Gasteiger partial charge in [-0.1, -0.05) is 36.4 Å². The maximum atomic E-state index is 12.8. The van der Waals surface area contributed by atoms with E-state index < -0.39 is 17.6 Å². The zero-order chi connectivity index (χ0) is 21.3. The molecule has 2 unspecified atom stereocenters. The van der Waals surface area contributed by atoms with Gasteiger partial charge in [-0.25, -0.2) is 0 Å². The summed E-state index contributed by atoms with van der Waals surface area (Å²) in [6.45, 7) is 2.97. The molecule has 30 heavy (non-hydrogen) atoms. The third-order valence-electron chi connectivity index (χ3n) is 5.74. The Morgan fingerprint density at radius 2 is 1.77 bits per heavy atom. The second-order valence-electron chi connectivity index (χ2n) is 7.81. The predicted molar refractivity (Wildman–Crippen MR) is 104 cm³/mol. The molecule has 2 aromatic rings. The molecule has 2 aromatic carbocycles. The molecule has 2 aliphatic rings. The number of likely N-dealkylation sites (tertiary alicyclic amines) is 2. The van der Waals surface area contributed by atoms with Crippen LogP contribution in [0.1, 0.15) is 21.5 Å². The largest absolute Gasteiger partial charge is 0.416 e. The highest BCUT2D eigenvalue weighted by molar-refractivity contribution is 5.96. The van der Waals surface area contributed by atoms with Crippen molar-refractivity contribution in [1.29, 1.82) is 0 Å². The molecular formula is C22H22F3N3O2. The third kappa shape index (κ3) is 4.33. The summed E-state index contributed by atoms with van der Waals surface area (Å²) in [5.41, 5.74) is 0.218. The number of hydrogen-bond donors (Lipinski definition) is 1. The van der Waals surface area contributed by atoms with Gasteiger partial charge in [-0.2, -0.15) is 13.2 Å². The second kappa shape index (κ2) is 8.10. The first-order chi connectivity index (χ1) is 14.3. The van der Waals surface area contributed by atoms with Crippen LogP contribution in [0, 0.1) is 5.92 Å². The number of benzene rings is 2. The fraction of sp³-hybridized carbons (Fsp3) is 0.364. The summed E-state index contributed by atoms with van der Waals surface area (Å²) in [6.07, 6.45) is -4.52. The van der Waals surface area contributed by atoms with E-state index in [4.69, 9.17) is 0 Å². The van der Waals surface area contributed by atoms with E-state index in [-0.39, 0.29) is 24.1 Å². The summed E-state index contributed by atoms with van der Waals surface area (Å²) in [5, 5.41) is 2.45. The Morgan fingerprint density at radius 1 is 1.00 bits per heavy atom. The Balaban J connectivity index is 1.28. The summed E-state index contributed by atoms with van der Waals surface area (Å²) in [4.78, 5) is 28.8. The minimum Gasteiger partial charge on any atom is -0.343 e. The van der Waals surface area contributed by atoms with Crippen molar-refractivity contribution >= 4 is 11.8 Å². The second-order valence-corrected chi connectivity index (χ2v) is 7.81. The summed E-state index contributed by atoms with van der Waals surface area (Å²) >= 11 is 0. The van der Waals surface area contributed by atoms with Crippen molar-refractivity contribution in [2.24, 2.45) is 5.92 Å². The van der Waals surface area contributed by atoms with Crippen molar-refractivity contribution in [2.45, 2.75) is 18.8 Å². The molecule has 2 heterocycles. The van der Waals surface area contributed by atoms with E-state index in [0.29, 0.717) is 12.5 Å². The average Bonchev–Trinajstić information content (AvgIpc) is 3.02. The Kier molecular flexibility index (Phi) is 5.51. The van der Waals surface area contributed by atoms with Gasteiger partial charge in [-0.15, -0.1) is 0 Å². The van der Waals surface area contributed by atoms with Crippen LogP contribution in [-0.2, 0) is 17.5 Å². The molecule has 2 amide bonds. The van der Waals surface area contributed by atoms with Crippen molar-refractivity contribution in [3.8, 4) is 0 Å². The van der Waals surface area contributed by atoms with Gasteiger partial charge in [0.15, 0.2) is 0 Å². The summed E-state index contributed by atoms with van der Waals surface area (Å²) in [7, 11) is 0. The number of nitrogens with one attached hydrogen (secondary N) is 1. The quantitative estimate of drug-likeness (QED) is 0.814. The highest BCUT2D eigenvalue weighted by Gasteiger charge is 2.47. The Morgan fingerprint density at radius 3 is 2.50 bits per heavy atom. The minimum absolute atomic E-state index is 0.117. The Hall–Kier alpha value is -2.87. The summed E-state index contributed by atoms with van der Waals surface area (Å²) in [5.74, 6) is -0.474. The number of nitrogens with zero attached hydrogens (tertiary/aromatic N) is 2. The van der Waals surface area contributed by atoms with Gasteiger partial charge in [0.25, 0.3) is 5.91 Å². The van der Waals surface area contributed by atoms with Gasteiger partial charge in [0.05, 0.1) is 18.2 Å². The van der Waals surface area contributed by atoms with Crippen molar-refractivity contribution < 1.29 is 22.8 Å². The van der Waals surface area contributed by atoms with Crippen LogP contribution >= 0.6 is 0 Å². The van der Waals surface area contributed by atoms with Gasteiger partial charge < -0.3 is 10.2 Å². The maximum absolute atomic E-state index is 12.8. The average molecular weight is 417 g/mol. The molecule has 158 valence electrons. The molecule has 0 spiro atoms. The van der Waals surface area contributed by atoms with E-state index >= 15 is 0 Å². The van der Waals surface area contributed by atoms with Gasteiger partial charge >= 0.3 is 6.18 Å². The lowest BCUT2D eigenvalue weighted by atomic mass is 9.92. The van der Waals surface area contributed by atoms with Crippen LogP contribution in [0.15, 0.2) is 54.6 Å². The van der Waals surface area contributed by atoms with E-state index in [9.17, 15) is 22.8 Å². The smallest absolute Gasteiger partial charge is 0.343 e. The number of carbonyl (C=O) groups is 2. The Bertz CT molecular complexity index is 933. The van der Waals surface area contributed by atoms with Gasteiger partial charge in [0.1, 0.15) is 0 Å². The van der Waals surface area contributed by atoms with Crippen LogP contribution in [-0.4, -0.2) is 53.8 Å². The number of hydrogen-bond acceptors (Lipinski definition) is 3. The molecule has 1 N–H and O–H groups in total. The SMILES string of the molecule is O=C(NCC(=O)N1CC2CN(Cc3ccccc3)CC21)c1cccc(C(F)(F)F)c1. The molecule has 0 radical (unpaired) electrons. The normalized spacial score (nSPS) is 21.1. The number of alkyl halides is 3. The molecular weight excluding hydrogens is 395 g/mol. The lowest BCUT2D eigenvalue weighted by Gasteiger charge is -2.43. The molecule has 4 rings (SSSR count). The lowest BCUT2D eigenvalue weighted by molar-refractivity contribution is -0.140. The van der Waals surface area contributed by atoms with Crippen LogP contribution in [0.4, 0.5) is 13.2 Å². The van der Waals surface area contributed by atoms with Crippen molar-refractivity contribution in [3.63, 3.8) is 0 Å². The standard InChI is InChI=1S/C22H22F3N3O2/c23-22(24,25)18-8-4-7-16(9-18)21(30)26-10-20(29)28-13-17-12-27(14-19(17)28)11-15-5-2-1-3-6-15/h1-9,17,19H,10-14H2,(H,26,30). The molecule has 8 heteroatoms. The molecule has 0 aliphatic carbocycles. The topological polar surface area (TPSA) is 52.7 Å². The van der Waals surface area contributed by atoms with Crippen molar-refractivity contribution in [2.75, 3.05) is 26.2 Å². The zero-order valence-corrected chi connectivity index (χ0v) is 16.2. The van der Waals surface area contributed by atoms with Crippen LogP contribution < -0.4 is 5.32 Å². The fourth-order valence-corrected chi connectivity index (χ4v) is 4.18. The molecule has 2 atom stereocenters. The van der Waals surface area contributed by atoms with Crippen LogP contribution in [0.5, 0.6) is 0 Å². The summed E-state index contributed by atoms with van der Waals surface area (Å²) < 4.78 is 38.4. The van der Waals surface area contributed by atoms with E-state index in [0.717, 1.165) is 31.8 Å². The van der Waals surface area contributed by atoms with Gasteiger partial charge in [-0.3, -0.25) is 14.5 Å². The van der Waals surface area contributed by atoms with Gasteiger partial charge in [-0.05, 0) is 23.8 Å². The number of carbonyl (C=O) groups excluding carboxylic acids is 2. The fourth-order valence-electron chi connectivity index (χ4n) is 4.18. The highest BCUT2D eigenvalue weighted by atomic mass is 19.4. The molecule has 0 bridgehead atoms. The molecule has 2 aliphatic heterocycles. The van der Waals surface area contributed by atoms with Gasteiger partial charge in [0, 0.05) is 37.7 Å². The monoisotopic (exact) mass is 417 g/mol. The maximum Gasteiger partial charge on any atom is 0.416 e. The molecule has 0 saturated carbocycles.